The van der Waals surface area contributed by atoms with E-state index >= 15 is 0 Å². The molecule has 0 unspecified atom stereocenters. The largest absolute Gasteiger partial charge is 0.396 e. The van der Waals surface area contributed by atoms with Gasteiger partial charge in [-0.2, -0.15) is 0 Å². The van der Waals surface area contributed by atoms with Gasteiger partial charge in [0.2, 0.25) is 0 Å². The number of halogens is 1. The standard InChI is InChI=1S/C11H12BrN3O/c1-15-9(4-7-16)10(12)14-11(15)8-2-5-13-6-3-8/h2-3,5-6,16H,4,7H2,1H3. The van der Waals surface area contributed by atoms with Crippen LogP contribution in [0.5, 0.6) is 0 Å². The summed E-state index contributed by atoms with van der Waals surface area (Å²) in [6.45, 7) is 0.119. The second-order valence-corrected chi connectivity index (χ2v) is 4.19. The van der Waals surface area contributed by atoms with E-state index in [1.807, 2.05) is 23.7 Å². The summed E-state index contributed by atoms with van der Waals surface area (Å²) >= 11 is 3.41. The van der Waals surface area contributed by atoms with Crippen molar-refractivity contribution in [2.75, 3.05) is 6.61 Å². The molecule has 2 aromatic rings. The summed E-state index contributed by atoms with van der Waals surface area (Å²) in [6, 6.07) is 3.83. The monoisotopic (exact) mass is 281 g/mol. The number of nitrogens with zero attached hydrogens (tertiary/aromatic N) is 3. The van der Waals surface area contributed by atoms with E-state index in [1.54, 1.807) is 12.4 Å². The minimum atomic E-state index is 0.119. The van der Waals surface area contributed by atoms with E-state index in [0.717, 1.165) is 21.7 Å². The summed E-state index contributed by atoms with van der Waals surface area (Å²) in [5.74, 6) is 0.873. The van der Waals surface area contributed by atoms with E-state index in [2.05, 4.69) is 25.9 Å². The van der Waals surface area contributed by atoms with E-state index < -0.39 is 0 Å². The highest BCUT2D eigenvalue weighted by molar-refractivity contribution is 9.10. The smallest absolute Gasteiger partial charge is 0.141 e. The predicted octanol–water partition coefficient (Wildman–Crippen LogP) is 1.78. The molecule has 4 nitrogen and oxygen atoms in total. The maximum absolute atomic E-state index is 8.98. The fourth-order valence-electron chi connectivity index (χ4n) is 1.63. The number of pyridine rings is 1. The molecule has 0 aromatic carbocycles. The maximum atomic E-state index is 8.98. The van der Waals surface area contributed by atoms with Crippen molar-refractivity contribution in [2.45, 2.75) is 6.42 Å². The number of hydrogen-bond donors (Lipinski definition) is 1. The molecule has 2 heterocycles. The van der Waals surface area contributed by atoms with Gasteiger partial charge >= 0.3 is 0 Å². The van der Waals surface area contributed by atoms with Gasteiger partial charge in [-0.1, -0.05) is 0 Å². The molecule has 0 aliphatic carbocycles. The average Bonchev–Trinajstić information content (AvgIpc) is 2.59. The highest BCUT2D eigenvalue weighted by atomic mass is 79.9. The van der Waals surface area contributed by atoms with E-state index in [1.165, 1.54) is 0 Å². The molecule has 2 rings (SSSR count). The summed E-state index contributed by atoms with van der Waals surface area (Å²) in [4.78, 5) is 8.42. The lowest BCUT2D eigenvalue weighted by Gasteiger charge is -2.04. The molecule has 2 aromatic heterocycles. The van der Waals surface area contributed by atoms with Gasteiger partial charge in [-0.15, -0.1) is 0 Å². The molecule has 0 amide bonds. The Morgan fingerprint density at radius 3 is 2.69 bits per heavy atom. The van der Waals surface area contributed by atoms with Crippen LogP contribution in [0.4, 0.5) is 0 Å². The predicted molar refractivity (Wildman–Crippen MR) is 64.9 cm³/mol. The fourth-order valence-corrected chi connectivity index (χ4v) is 2.27. The highest BCUT2D eigenvalue weighted by Crippen LogP contribution is 2.24. The minimum Gasteiger partial charge on any atom is -0.396 e. The first-order valence-corrected chi connectivity index (χ1v) is 5.75. The third-order valence-electron chi connectivity index (χ3n) is 2.45. The quantitative estimate of drug-likeness (QED) is 0.933. The normalized spacial score (nSPS) is 10.7. The Kier molecular flexibility index (Phi) is 3.36. The maximum Gasteiger partial charge on any atom is 0.141 e. The first-order valence-electron chi connectivity index (χ1n) is 4.96. The average molecular weight is 282 g/mol. The SMILES string of the molecule is Cn1c(-c2ccncc2)nc(Br)c1CCO. The van der Waals surface area contributed by atoms with Crippen LogP contribution in [0.1, 0.15) is 5.69 Å². The molecule has 16 heavy (non-hydrogen) atoms. The first-order chi connectivity index (χ1) is 7.74. The number of rotatable bonds is 3. The van der Waals surface area contributed by atoms with E-state index in [9.17, 15) is 0 Å². The van der Waals surface area contributed by atoms with Gasteiger partial charge in [-0.3, -0.25) is 4.98 Å². The molecule has 0 radical (unpaired) electrons. The summed E-state index contributed by atoms with van der Waals surface area (Å²) in [7, 11) is 1.94. The Morgan fingerprint density at radius 1 is 1.38 bits per heavy atom. The zero-order valence-electron chi connectivity index (χ0n) is 8.89. The van der Waals surface area contributed by atoms with Crippen LogP contribution in [0, 0.1) is 0 Å². The lowest BCUT2D eigenvalue weighted by Crippen LogP contribution is -2.01. The van der Waals surface area contributed by atoms with Crippen LogP contribution in [0.2, 0.25) is 0 Å². The van der Waals surface area contributed by atoms with Crippen LogP contribution in [-0.2, 0) is 13.5 Å². The van der Waals surface area contributed by atoms with Crippen LogP contribution in [0.15, 0.2) is 29.1 Å². The molecule has 0 atom stereocenters. The Hall–Kier alpha value is -1.20. The van der Waals surface area contributed by atoms with Crippen molar-refractivity contribution in [1.82, 2.24) is 14.5 Å². The molecule has 84 valence electrons. The van der Waals surface area contributed by atoms with E-state index in [4.69, 9.17) is 5.11 Å². The molecule has 0 bridgehead atoms. The second kappa shape index (κ2) is 4.76. The van der Waals surface area contributed by atoms with E-state index in [-0.39, 0.29) is 6.61 Å². The van der Waals surface area contributed by atoms with Gasteiger partial charge in [0.05, 0.1) is 5.69 Å². The van der Waals surface area contributed by atoms with Gasteiger partial charge in [-0.05, 0) is 28.1 Å². The highest BCUT2D eigenvalue weighted by Gasteiger charge is 2.13. The van der Waals surface area contributed by atoms with Crippen LogP contribution >= 0.6 is 15.9 Å². The summed E-state index contributed by atoms with van der Waals surface area (Å²) < 4.78 is 2.77. The lowest BCUT2D eigenvalue weighted by molar-refractivity contribution is 0.296. The van der Waals surface area contributed by atoms with Crippen LogP contribution < -0.4 is 0 Å². The molecule has 0 fully saturated rings. The van der Waals surface area contributed by atoms with Crippen molar-refractivity contribution in [3.8, 4) is 11.4 Å². The Balaban J connectivity index is 2.47. The van der Waals surface area contributed by atoms with Crippen molar-refractivity contribution >= 4 is 15.9 Å². The van der Waals surface area contributed by atoms with Crippen molar-refractivity contribution in [3.05, 3.63) is 34.8 Å². The molecule has 0 saturated heterocycles. The summed E-state index contributed by atoms with van der Waals surface area (Å²) in [5, 5.41) is 8.98. The number of imidazole rings is 1. The first kappa shape index (κ1) is 11.3. The van der Waals surface area contributed by atoms with E-state index in [0.29, 0.717) is 6.42 Å². The summed E-state index contributed by atoms with van der Waals surface area (Å²) in [6.07, 6.45) is 4.07. The second-order valence-electron chi connectivity index (χ2n) is 3.44. The number of hydrogen-bond acceptors (Lipinski definition) is 3. The van der Waals surface area contributed by atoms with Gasteiger partial charge in [-0.25, -0.2) is 4.98 Å². The zero-order valence-corrected chi connectivity index (χ0v) is 10.5. The number of aliphatic hydroxyl groups excluding tert-OH is 1. The zero-order chi connectivity index (χ0) is 11.5. The molecule has 0 saturated carbocycles. The van der Waals surface area contributed by atoms with Gasteiger partial charge in [0.1, 0.15) is 10.4 Å². The van der Waals surface area contributed by atoms with Crippen molar-refractivity contribution in [3.63, 3.8) is 0 Å². The van der Waals surface area contributed by atoms with Gasteiger partial charge < -0.3 is 9.67 Å². The van der Waals surface area contributed by atoms with Crippen LogP contribution in [0.25, 0.3) is 11.4 Å². The topological polar surface area (TPSA) is 50.9 Å². The van der Waals surface area contributed by atoms with Crippen molar-refractivity contribution in [1.29, 1.82) is 0 Å². The molecule has 0 aliphatic rings. The van der Waals surface area contributed by atoms with Gasteiger partial charge in [0, 0.05) is 38.0 Å². The lowest BCUT2D eigenvalue weighted by atomic mass is 10.2. The molecule has 5 heteroatoms. The third kappa shape index (κ3) is 2.01. The number of aromatic nitrogens is 3. The third-order valence-corrected chi connectivity index (χ3v) is 3.09. The summed E-state index contributed by atoms with van der Waals surface area (Å²) in [5.41, 5.74) is 2.01. The van der Waals surface area contributed by atoms with Crippen LogP contribution in [-0.4, -0.2) is 26.2 Å². The van der Waals surface area contributed by atoms with Gasteiger partial charge in [0.25, 0.3) is 0 Å². The number of aliphatic hydroxyl groups is 1. The van der Waals surface area contributed by atoms with Crippen molar-refractivity contribution < 1.29 is 5.11 Å². The fraction of sp³-hybridized carbons (Fsp3) is 0.273. The van der Waals surface area contributed by atoms with Crippen LogP contribution in [0.3, 0.4) is 0 Å². The molecule has 0 aliphatic heterocycles. The molecular formula is C11H12BrN3O. The Bertz CT molecular complexity index is 481. The molecular weight excluding hydrogens is 270 g/mol. The van der Waals surface area contributed by atoms with Crippen molar-refractivity contribution in [2.24, 2.45) is 7.05 Å². The Morgan fingerprint density at radius 2 is 2.06 bits per heavy atom. The molecule has 1 N–H and O–H groups in total. The Labute approximate surface area is 102 Å². The van der Waals surface area contributed by atoms with Gasteiger partial charge in [0.15, 0.2) is 0 Å². The minimum absolute atomic E-state index is 0.119. The molecule has 0 spiro atoms.